The lowest BCUT2D eigenvalue weighted by molar-refractivity contribution is -0.120. The van der Waals surface area contributed by atoms with Gasteiger partial charge in [-0.15, -0.1) is 0 Å². The molecular weight excluding hydrogens is 460 g/mol. The van der Waals surface area contributed by atoms with E-state index in [0.717, 1.165) is 0 Å². The molecule has 1 heterocycles. The van der Waals surface area contributed by atoms with Crippen LogP contribution in [0, 0.1) is 6.92 Å². The van der Waals surface area contributed by atoms with Crippen molar-refractivity contribution >= 4 is 27.8 Å². The number of anilines is 1. The third-order valence-electron chi connectivity index (χ3n) is 4.67. The normalized spacial score (nSPS) is 15.0. The van der Waals surface area contributed by atoms with Gasteiger partial charge in [-0.25, -0.2) is 8.42 Å². The van der Waals surface area contributed by atoms with Crippen LogP contribution in [0.4, 0.5) is 14.5 Å². The summed E-state index contributed by atoms with van der Waals surface area (Å²) in [6.07, 6.45) is 1.31. The molecule has 3 rings (SSSR count). The van der Waals surface area contributed by atoms with Crippen molar-refractivity contribution in [1.29, 1.82) is 0 Å². The van der Waals surface area contributed by atoms with Crippen molar-refractivity contribution in [2.45, 2.75) is 18.4 Å². The molecule has 1 N–H and O–H groups in total. The van der Waals surface area contributed by atoms with Crippen LogP contribution >= 0.6 is 0 Å². The molecule has 0 aromatic heterocycles. The molecule has 0 bridgehead atoms. The third kappa shape index (κ3) is 6.94. The number of morpholine rings is 1. The van der Waals surface area contributed by atoms with E-state index in [0.29, 0.717) is 30.0 Å². The summed E-state index contributed by atoms with van der Waals surface area (Å²) >= 11 is 0. The average molecular weight is 483 g/mol. The van der Waals surface area contributed by atoms with Crippen LogP contribution in [0.25, 0.3) is 0 Å². The summed E-state index contributed by atoms with van der Waals surface area (Å²) in [6.45, 7) is -0.378. The number of oxime groups is 1. The molecule has 1 aliphatic heterocycles. The molecule has 178 valence electrons. The molecule has 33 heavy (non-hydrogen) atoms. The van der Waals surface area contributed by atoms with Crippen LogP contribution in [-0.4, -0.2) is 64.4 Å². The highest BCUT2D eigenvalue weighted by molar-refractivity contribution is 7.89. The van der Waals surface area contributed by atoms with Gasteiger partial charge in [0.25, 0.3) is 5.91 Å². The Morgan fingerprint density at radius 3 is 2.58 bits per heavy atom. The summed E-state index contributed by atoms with van der Waals surface area (Å²) in [4.78, 5) is 17.2. The minimum Gasteiger partial charge on any atom is -0.435 e. The summed E-state index contributed by atoms with van der Waals surface area (Å²) in [5.74, 6) is -0.521. The lowest BCUT2D eigenvalue weighted by Crippen LogP contribution is -2.40. The fraction of sp³-hybridized carbons (Fsp3) is 0.333. The van der Waals surface area contributed by atoms with Gasteiger partial charge in [0.05, 0.1) is 24.3 Å². The first-order chi connectivity index (χ1) is 15.8. The zero-order valence-electron chi connectivity index (χ0n) is 17.7. The molecule has 2 aromatic carbocycles. The lowest BCUT2D eigenvalue weighted by Gasteiger charge is -2.26. The molecule has 1 amide bonds. The molecule has 0 unspecified atom stereocenters. The molecule has 0 spiro atoms. The molecule has 2 aromatic rings. The number of halogens is 2. The van der Waals surface area contributed by atoms with Crippen LogP contribution < -0.4 is 10.1 Å². The van der Waals surface area contributed by atoms with Crippen molar-refractivity contribution in [3.8, 4) is 5.75 Å². The van der Waals surface area contributed by atoms with E-state index in [1.165, 1.54) is 46.9 Å². The predicted octanol–water partition coefficient (Wildman–Crippen LogP) is 2.61. The number of aryl methyl sites for hydroxylation is 1. The second-order valence-electron chi connectivity index (χ2n) is 7.00. The second-order valence-corrected chi connectivity index (χ2v) is 8.93. The van der Waals surface area contributed by atoms with E-state index < -0.39 is 29.1 Å². The van der Waals surface area contributed by atoms with Gasteiger partial charge in [-0.1, -0.05) is 11.2 Å². The zero-order valence-corrected chi connectivity index (χ0v) is 18.6. The number of benzene rings is 2. The number of nitrogens with one attached hydrogen (secondary N) is 1. The minimum atomic E-state index is -3.70. The number of amides is 1. The Labute approximate surface area is 190 Å². The van der Waals surface area contributed by atoms with Gasteiger partial charge in [0, 0.05) is 18.8 Å². The smallest absolute Gasteiger partial charge is 0.387 e. The minimum absolute atomic E-state index is 0.00989. The summed E-state index contributed by atoms with van der Waals surface area (Å²) in [6, 6.07) is 10.2. The van der Waals surface area contributed by atoms with Crippen molar-refractivity contribution < 1.29 is 36.3 Å². The number of carbonyl (C=O) groups excluding carboxylic acids is 1. The van der Waals surface area contributed by atoms with E-state index in [2.05, 4.69) is 15.2 Å². The number of hydrogen-bond acceptors (Lipinski definition) is 7. The molecule has 1 aliphatic rings. The van der Waals surface area contributed by atoms with Gasteiger partial charge in [0.1, 0.15) is 5.75 Å². The Morgan fingerprint density at radius 1 is 1.21 bits per heavy atom. The SMILES string of the molecule is Cc1ccc(S(=O)(=O)N2CCOCC2)cc1NC(=O)CON=Cc1ccc(OC(F)F)cc1. The first kappa shape index (κ1) is 24.6. The quantitative estimate of drug-likeness (QED) is 0.434. The molecular formula is C21H23F2N3O6S. The lowest BCUT2D eigenvalue weighted by atomic mass is 10.2. The first-order valence-corrected chi connectivity index (χ1v) is 11.4. The molecule has 0 aliphatic carbocycles. The summed E-state index contributed by atoms with van der Waals surface area (Å²) in [7, 11) is -3.70. The molecule has 0 saturated carbocycles. The standard InChI is InChI=1S/C21H23F2N3O6S/c1-15-2-7-18(33(28,29)26-8-10-30-11-9-26)12-19(15)25-20(27)14-31-24-13-16-3-5-17(6-4-16)32-21(22)23/h2-7,12-13,21H,8-11,14H2,1H3,(H,25,27). The zero-order chi connectivity index (χ0) is 23.8. The van der Waals surface area contributed by atoms with Crippen LogP contribution in [0.3, 0.4) is 0 Å². The van der Waals surface area contributed by atoms with Crippen molar-refractivity contribution in [3.63, 3.8) is 0 Å². The van der Waals surface area contributed by atoms with Gasteiger partial charge in [-0.05, 0) is 54.4 Å². The molecule has 12 heteroatoms. The Morgan fingerprint density at radius 2 is 1.91 bits per heavy atom. The maximum absolute atomic E-state index is 12.8. The van der Waals surface area contributed by atoms with Gasteiger partial charge >= 0.3 is 6.61 Å². The Balaban J connectivity index is 1.55. The van der Waals surface area contributed by atoms with Crippen LogP contribution in [-0.2, 0) is 24.4 Å². The summed E-state index contributed by atoms with van der Waals surface area (Å²) < 4.78 is 60.7. The second kappa shape index (κ2) is 11.2. The molecule has 9 nitrogen and oxygen atoms in total. The van der Waals surface area contributed by atoms with Gasteiger partial charge < -0.3 is 19.6 Å². The average Bonchev–Trinajstić information content (AvgIpc) is 2.79. The third-order valence-corrected chi connectivity index (χ3v) is 6.56. The number of sulfonamides is 1. The van der Waals surface area contributed by atoms with Crippen LogP contribution in [0.5, 0.6) is 5.75 Å². The van der Waals surface area contributed by atoms with E-state index in [9.17, 15) is 22.0 Å². The maximum atomic E-state index is 12.8. The van der Waals surface area contributed by atoms with E-state index in [-0.39, 0.29) is 23.7 Å². The summed E-state index contributed by atoms with van der Waals surface area (Å²) in [5.41, 5.74) is 1.57. The van der Waals surface area contributed by atoms with Crippen LogP contribution in [0.15, 0.2) is 52.5 Å². The van der Waals surface area contributed by atoms with Crippen LogP contribution in [0.2, 0.25) is 0 Å². The highest BCUT2D eigenvalue weighted by Gasteiger charge is 2.26. The molecule has 0 atom stereocenters. The monoisotopic (exact) mass is 483 g/mol. The predicted molar refractivity (Wildman–Crippen MR) is 116 cm³/mol. The Kier molecular flexibility index (Phi) is 8.31. The first-order valence-electron chi connectivity index (χ1n) is 9.94. The number of nitrogens with zero attached hydrogens (tertiary/aromatic N) is 2. The number of ether oxygens (including phenoxy) is 2. The van der Waals surface area contributed by atoms with Crippen molar-refractivity contribution in [2.75, 3.05) is 38.2 Å². The summed E-state index contributed by atoms with van der Waals surface area (Å²) in [5, 5.41) is 6.28. The van der Waals surface area contributed by atoms with Gasteiger partial charge in [0.15, 0.2) is 6.61 Å². The fourth-order valence-corrected chi connectivity index (χ4v) is 4.38. The molecule has 1 fully saturated rings. The van der Waals surface area contributed by atoms with Gasteiger partial charge in [-0.2, -0.15) is 13.1 Å². The van der Waals surface area contributed by atoms with E-state index in [1.54, 1.807) is 13.0 Å². The van der Waals surface area contributed by atoms with E-state index in [4.69, 9.17) is 9.57 Å². The molecule has 1 saturated heterocycles. The Hall–Kier alpha value is -3.09. The number of hydrogen-bond donors (Lipinski definition) is 1. The largest absolute Gasteiger partial charge is 0.435 e. The number of carbonyl (C=O) groups is 1. The van der Waals surface area contributed by atoms with Crippen molar-refractivity contribution in [1.82, 2.24) is 4.31 Å². The highest BCUT2D eigenvalue weighted by Crippen LogP contribution is 2.23. The number of rotatable bonds is 9. The van der Waals surface area contributed by atoms with E-state index in [1.807, 2.05) is 0 Å². The molecule has 0 radical (unpaired) electrons. The highest BCUT2D eigenvalue weighted by atomic mass is 32.2. The topological polar surface area (TPSA) is 107 Å². The Bertz CT molecular complexity index is 1090. The van der Waals surface area contributed by atoms with Crippen molar-refractivity contribution in [2.24, 2.45) is 5.16 Å². The van der Waals surface area contributed by atoms with E-state index >= 15 is 0 Å². The van der Waals surface area contributed by atoms with Gasteiger partial charge in [-0.3, -0.25) is 4.79 Å². The van der Waals surface area contributed by atoms with Gasteiger partial charge in [0.2, 0.25) is 10.0 Å². The maximum Gasteiger partial charge on any atom is 0.387 e. The number of alkyl halides is 2. The van der Waals surface area contributed by atoms with Crippen LogP contribution in [0.1, 0.15) is 11.1 Å². The fourth-order valence-electron chi connectivity index (χ4n) is 2.95. The van der Waals surface area contributed by atoms with Crippen molar-refractivity contribution in [3.05, 3.63) is 53.6 Å².